The fraction of sp³-hybridized carbons (Fsp3) is 0.522. The van der Waals surface area contributed by atoms with Gasteiger partial charge in [-0.2, -0.15) is 0 Å². The summed E-state index contributed by atoms with van der Waals surface area (Å²) in [4.78, 5) is 23.8. The number of carbonyl (C=O) groups is 1. The molecule has 0 spiro atoms. The van der Waals surface area contributed by atoms with Crippen LogP contribution in [-0.4, -0.2) is 40.7 Å². The summed E-state index contributed by atoms with van der Waals surface area (Å²) in [6, 6.07) is 5.19. The highest BCUT2D eigenvalue weighted by atomic mass is 16.3. The Balaban J connectivity index is 2.16. The molecule has 2 N–H and O–H groups in total. The zero-order valence-corrected chi connectivity index (χ0v) is 17.9. The average Bonchev–Trinajstić information content (AvgIpc) is 2.97. The van der Waals surface area contributed by atoms with Gasteiger partial charge in [-0.1, -0.05) is 39.2 Å². The van der Waals surface area contributed by atoms with Crippen LogP contribution in [-0.2, 0) is 6.42 Å². The molecule has 1 aromatic carbocycles. The Kier molecular flexibility index (Phi) is 8.90. The van der Waals surface area contributed by atoms with Crippen LogP contribution >= 0.6 is 0 Å². The van der Waals surface area contributed by atoms with Crippen molar-refractivity contribution in [1.29, 1.82) is 0 Å². The first kappa shape index (κ1) is 22.7. The number of phenols is 1. The molecular weight excluding hydrogens is 364 g/mol. The van der Waals surface area contributed by atoms with Gasteiger partial charge in [-0.15, -0.1) is 0 Å². The molecule has 158 valence electrons. The summed E-state index contributed by atoms with van der Waals surface area (Å²) < 4.78 is 0. The van der Waals surface area contributed by atoms with Gasteiger partial charge in [-0.3, -0.25) is 9.69 Å². The summed E-state index contributed by atoms with van der Waals surface area (Å²) >= 11 is 0. The van der Waals surface area contributed by atoms with Crippen LogP contribution in [0.4, 0.5) is 0 Å². The number of amides is 1. The molecule has 6 nitrogen and oxygen atoms in total. The number of guanidine groups is 1. The second kappa shape index (κ2) is 11.4. The van der Waals surface area contributed by atoms with E-state index in [2.05, 4.69) is 16.9 Å². The molecule has 0 heterocycles. The molecule has 0 saturated heterocycles. The van der Waals surface area contributed by atoms with Crippen molar-refractivity contribution in [3.63, 3.8) is 0 Å². The van der Waals surface area contributed by atoms with Crippen molar-refractivity contribution >= 4 is 18.1 Å². The monoisotopic (exact) mass is 398 g/mol. The number of hydrogen-bond donors (Lipinski definition) is 2. The van der Waals surface area contributed by atoms with Crippen molar-refractivity contribution in [2.45, 2.75) is 71.8 Å². The first-order valence-electron chi connectivity index (χ1n) is 10.7. The zero-order chi connectivity index (χ0) is 21.2. The maximum Gasteiger partial charge on any atom is 0.259 e. The van der Waals surface area contributed by atoms with Gasteiger partial charge in [0.25, 0.3) is 5.91 Å². The van der Waals surface area contributed by atoms with Crippen LogP contribution in [0.5, 0.6) is 5.75 Å². The minimum Gasteiger partial charge on any atom is -0.508 e. The third-order valence-corrected chi connectivity index (χ3v) is 5.23. The predicted molar refractivity (Wildman–Crippen MR) is 120 cm³/mol. The van der Waals surface area contributed by atoms with E-state index in [0.29, 0.717) is 30.3 Å². The molecule has 0 bridgehead atoms. The summed E-state index contributed by atoms with van der Waals surface area (Å²) in [7, 11) is 0. The van der Waals surface area contributed by atoms with E-state index < -0.39 is 0 Å². The topological polar surface area (TPSA) is 77.3 Å². The van der Waals surface area contributed by atoms with Gasteiger partial charge >= 0.3 is 0 Å². The Morgan fingerprint density at radius 3 is 2.55 bits per heavy atom. The normalized spacial score (nSPS) is 15.9. The lowest BCUT2D eigenvalue weighted by atomic mass is 10.1. The van der Waals surface area contributed by atoms with Gasteiger partial charge in [-0.25, -0.2) is 9.98 Å². The summed E-state index contributed by atoms with van der Waals surface area (Å²) in [5.74, 6) is 0.977. The lowest BCUT2D eigenvalue weighted by molar-refractivity contribution is 0.0807. The third-order valence-electron chi connectivity index (χ3n) is 5.23. The summed E-state index contributed by atoms with van der Waals surface area (Å²) in [5.41, 5.74) is 1.27. The highest BCUT2D eigenvalue weighted by Crippen LogP contribution is 2.21. The summed E-state index contributed by atoms with van der Waals surface area (Å²) in [6.45, 7) is 10.2. The number of aliphatic imine (C=N–C) groups is 2. The van der Waals surface area contributed by atoms with Crippen LogP contribution < -0.4 is 5.32 Å². The van der Waals surface area contributed by atoms with Gasteiger partial charge in [0.05, 0.1) is 6.04 Å². The number of rotatable bonds is 6. The van der Waals surface area contributed by atoms with E-state index in [4.69, 9.17) is 4.99 Å². The van der Waals surface area contributed by atoms with Crippen molar-refractivity contribution in [3.05, 3.63) is 41.7 Å². The molecule has 1 amide bonds. The molecule has 1 fully saturated rings. The van der Waals surface area contributed by atoms with Gasteiger partial charge in [0.1, 0.15) is 11.6 Å². The largest absolute Gasteiger partial charge is 0.508 e. The summed E-state index contributed by atoms with van der Waals surface area (Å²) in [5, 5.41) is 13.0. The molecule has 0 aliphatic heterocycles. The third kappa shape index (κ3) is 6.44. The molecule has 0 atom stereocenters. The van der Waals surface area contributed by atoms with Crippen LogP contribution in [0.2, 0.25) is 0 Å². The number of hydrogen-bond acceptors (Lipinski definition) is 3. The highest BCUT2D eigenvalue weighted by Gasteiger charge is 2.20. The molecule has 1 aliphatic rings. The smallest absolute Gasteiger partial charge is 0.259 e. The van der Waals surface area contributed by atoms with Gasteiger partial charge in [0.2, 0.25) is 5.96 Å². The van der Waals surface area contributed by atoms with E-state index in [1.54, 1.807) is 29.3 Å². The van der Waals surface area contributed by atoms with Gasteiger partial charge in [0, 0.05) is 18.3 Å². The fourth-order valence-electron chi connectivity index (χ4n) is 3.59. The number of carbonyl (C=O) groups excluding carboxylic acids is 1. The van der Waals surface area contributed by atoms with E-state index in [-0.39, 0.29) is 17.7 Å². The Morgan fingerprint density at radius 2 is 1.97 bits per heavy atom. The molecule has 0 radical (unpaired) electrons. The number of nitrogens with zero attached hydrogens (tertiary/aromatic N) is 3. The Hall–Kier alpha value is -2.63. The maximum absolute atomic E-state index is 13.0. The van der Waals surface area contributed by atoms with Crippen molar-refractivity contribution in [3.8, 4) is 5.75 Å². The van der Waals surface area contributed by atoms with Crippen LogP contribution in [0.25, 0.3) is 0 Å². The molecule has 1 saturated carbocycles. The quantitative estimate of drug-likeness (QED) is 0.416. The van der Waals surface area contributed by atoms with E-state index in [1.807, 2.05) is 20.8 Å². The minimum atomic E-state index is -0.172. The van der Waals surface area contributed by atoms with E-state index >= 15 is 0 Å². The molecule has 2 rings (SSSR count). The highest BCUT2D eigenvalue weighted by molar-refractivity contribution is 5.96. The Bertz CT molecular complexity index is 762. The van der Waals surface area contributed by atoms with Gasteiger partial charge in [0.15, 0.2) is 0 Å². The fourth-order valence-corrected chi connectivity index (χ4v) is 3.59. The standard InChI is InChI=1S/C23H34N4O2/c1-5-18-16-19(14-15-21(18)28)22(29)27(7-3)17(4)25-23(24-6-2)26-20-12-10-8-9-11-13-20/h6,14-16,20,28H,4-5,7-13H2,1-3H3,(H,25,26)/b24-6-. The van der Waals surface area contributed by atoms with Crippen molar-refractivity contribution in [1.82, 2.24) is 10.2 Å². The lowest BCUT2D eigenvalue weighted by Gasteiger charge is -2.24. The van der Waals surface area contributed by atoms with Crippen LogP contribution in [0, 0.1) is 0 Å². The molecule has 6 heteroatoms. The first-order valence-corrected chi connectivity index (χ1v) is 10.7. The Labute approximate surface area is 174 Å². The Morgan fingerprint density at radius 1 is 1.28 bits per heavy atom. The minimum absolute atomic E-state index is 0.172. The van der Waals surface area contributed by atoms with Crippen molar-refractivity contribution in [2.24, 2.45) is 9.98 Å². The molecule has 1 aliphatic carbocycles. The van der Waals surface area contributed by atoms with Gasteiger partial charge in [-0.05, 0) is 56.9 Å². The number of nitrogens with one attached hydrogen (secondary N) is 1. The zero-order valence-electron chi connectivity index (χ0n) is 17.9. The van der Waals surface area contributed by atoms with Crippen LogP contribution in [0.3, 0.4) is 0 Å². The van der Waals surface area contributed by atoms with Crippen LogP contribution in [0.15, 0.2) is 40.6 Å². The number of aryl methyl sites for hydroxylation is 1. The SMILES string of the molecule is C=C(NC(=NC1CCCCCC1)/N=C\C)N(CC)C(=O)c1ccc(O)c(CC)c1. The number of benzene rings is 1. The lowest BCUT2D eigenvalue weighted by Crippen LogP contribution is -2.38. The van der Waals surface area contributed by atoms with E-state index in [0.717, 1.165) is 18.4 Å². The molecule has 29 heavy (non-hydrogen) atoms. The predicted octanol–water partition coefficient (Wildman–Crippen LogP) is 4.65. The number of aromatic hydroxyl groups is 1. The van der Waals surface area contributed by atoms with Crippen molar-refractivity contribution < 1.29 is 9.90 Å². The average molecular weight is 399 g/mol. The first-order chi connectivity index (χ1) is 14.0. The molecule has 0 aromatic heterocycles. The van der Waals surface area contributed by atoms with Crippen LogP contribution in [0.1, 0.15) is 75.2 Å². The second-order valence-corrected chi connectivity index (χ2v) is 7.30. The molecular formula is C23H34N4O2. The molecule has 0 unspecified atom stereocenters. The summed E-state index contributed by atoms with van der Waals surface area (Å²) in [6.07, 6.45) is 9.41. The second-order valence-electron chi connectivity index (χ2n) is 7.30. The van der Waals surface area contributed by atoms with Gasteiger partial charge < -0.3 is 10.4 Å². The van der Waals surface area contributed by atoms with E-state index in [9.17, 15) is 9.90 Å². The van der Waals surface area contributed by atoms with Crippen molar-refractivity contribution in [2.75, 3.05) is 6.54 Å². The maximum atomic E-state index is 13.0. The number of phenolic OH excluding ortho intramolecular Hbond substituents is 1. The molecule has 1 aromatic rings. The van der Waals surface area contributed by atoms with E-state index in [1.165, 1.54) is 25.7 Å².